The van der Waals surface area contributed by atoms with Crippen molar-refractivity contribution in [2.24, 2.45) is 11.8 Å². The first-order valence-electron chi connectivity index (χ1n) is 8.40. The van der Waals surface area contributed by atoms with Crippen molar-refractivity contribution >= 4 is 0 Å². The summed E-state index contributed by atoms with van der Waals surface area (Å²) < 4.78 is 0. The number of piperidine rings is 1. The molecule has 1 fully saturated rings. The van der Waals surface area contributed by atoms with Crippen LogP contribution in [0.3, 0.4) is 0 Å². The van der Waals surface area contributed by atoms with Gasteiger partial charge < -0.3 is 10.2 Å². The molecule has 1 aliphatic carbocycles. The van der Waals surface area contributed by atoms with Gasteiger partial charge in [-0.25, -0.2) is 0 Å². The molecule has 1 aliphatic heterocycles. The number of nitrogens with zero attached hydrogens (tertiary/aromatic N) is 1. The number of hydrogen-bond donors (Lipinski definition) is 1. The molecule has 110 valence electrons. The van der Waals surface area contributed by atoms with Crippen LogP contribution in [0, 0.1) is 11.8 Å². The third-order valence-corrected chi connectivity index (χ3v) is 4.90. The lowest BCUT2D eigenvalue weighted by molar-refractivity contribution is 0.149. The van der Waals surface area contributed by atoms with E-state index in [0.717, 1.165) is 11.8 Å². The molecule has 3 atom stereocenters. The van der Waals surface area contributed by atoms with E-state index in [4.69, 9.17) is 0 Å². The van der Waals surface area contributed by atoms with Crippen LogP contribution in [-0.2, 0) is 0 Å². The van der Waals surface area contributed by atoms with E-state index in [9.17, 15) is 0 Å². The smallest absolute Gasteiger partial charge is 0.00793 e. The molecule has 0 aromatic rings. The van der Waals surface area contributed by atoms with Crippen molar-refractivity contribution in [1.29, 1.82) is 0 Å². The lowest BCUT2D eigenvalue weighted by atomic mass is 9.90. The zero-order chi connectivity index (χ0) is 13.5. The van der Waals surface area contributed by atoms with Crippen LogP contribution >= 0.6 is 0 Å². The van der Waals surface area contributed by atoms with E-state index in [2.05, 4.69) is 36.2 Å². The Hall–Kier alpha value is -0.340. The highest BCUT2D eigenvalue weighted by molar-refractivity contribution is 4.91. The molecule has 2 heteroatoms. The van der Waals surface area contributed by atoms with E-state index in [1.807, 2.05) is 0 Å². The fourth-order valence-electron chi connectivity index (χ4n) is 3.58. The topological polar surface area (TPSA) is 15.3 Å². The van der Waals surface area contributed by atoms with Gasteiger partial charge in [-0.2, -0.15) is 0 Å². The van der Waals surface area contributed by atoms with Crippen molar-refractivity contribution in [1.82, 2.24) is 10.2 Å². The molecule has 0 aromatic heterocycles. The largest absolute Gasteiger partial charge is 0.314 e. The van der Waals surface area contributed by atoms with Gasteiger partial charge in [0.25, 0.3) is 0 Å². The molecule has 2 rings (SSSR count). The molecule has 19 heavy (non-hydrogen) atoms. The molecule has 0 radical (unpaired) electrons. The molecule has 1 N–H and O–H groups in total. The Bertz CT molecular complexity index is 272. The lowest BCUT2D eigenvalue weighted by Gasteiger charge is -2.36. The summed E-state index contributed by atoms with van der Waals surface area (Å²) in [5.74, 6) is 1.74. The first-order valence-corrected chi connectivity index (χ1v) is 8.40. The van der Waals surface area contributed by atoms with Crippen molar-refractivity contribution in [2.45, 2.75) is 58.4 Å². The highest BCUT2D eigenvalue weighted by atomic mass is 15.1. The molecular formula is C17H32N2. The van der Waals surface area contributed by atoms with E-state index >= 15 is 0 Å². The van der Waals surface area contributed by atoms with Gasteiger partial charge in [0.15, 0.2) is 0 Å². The molecule has 0 bridgehead atoms. The maximum atomic E-state index is 3.82. The zero-order valence-corrected chi connectivity index (χ0v) is 12.9. The van der Waals surface area contributed by atoms with Gasteiger partial charge in [0, 0.05) is 12.6 Å². The average Bonchev–Trinajstić information content (AvgIpc) is 2.46. The number of likely N-dealkylation sites (tertiary alicyclic amines) is 1. The third kappa shape index (κ3) is 4.92. The Kier molecular flexibility index (Phi) is 6.39. The summed E-state index contributed by atoms with van der Waals surface area (Å²) in [6.07, 6.45) is 12.8. The van der Waals surface area contributed by atoms with E-state index in [-0.39, 0.29) is 0 Å². The summed E-state index contributed by atoms with van der Waals surface area (Å²) in [5.41, 5.74) is 0. The minimum Gasteiger partial charge on any atom is -0.314 e. The van der Waals surface area contributed by atoms with Crippen LogP contribution < -0.4 is 5.32 Å². The first-order chi connectivity index (χ1) is 9.29. The summed E-state index contributed by atoms with van der Waals surface area (Å²) in [6.45, 7) is 9.84. The van der Waals surface area contributed by atoms with Crippen LogP contribution in [0.1, 0.15) is 52.4 Å². The highest BCUT2D eigenvalue weighted by Crippen LogP contribution is 2.21. The Labute approximate surface area is 119 Å². The van der Waals surface area contributed by atoms with Crippen molar-refractivity contribution < 1.29 is 0 Å². The highest BCUT2D eigenvalue weighted by Gasteiger charge is 2.24. The summed E-state index contributed by atoms with van der Waals surface area (Å²) in [7, 11) is 0. The van der Waals surface area contributed by atoms with Gasteiger partial charge in [0.1, 0.15) is 0 Å². The Morgan fingerprint density at radius 2 is 2.21 bits per heavy atom. The van der Waals surface area contributed by atoms with Crippen molar-refractivity contribution in [3.8, 4) is 0 Å². The molecule has 2 aliphatic rings. The minimum atomic E-state index is 0.686. The fourth-order valence-corrected chi connectivity index (χ4v) is 3.58. The molecule has 1 saturated heterocycles. The number of allylic oxidation sites excluding steroid dienone is 2. The second-order valence-corrected chi connectivity index (χ2v) is 6.55. The summed E-state index contributed by atoms with van der Waals surface area (Å²) in [6, 6.07) is 0.686. The molecule has 3 unspecified atom stereocenters. The van der Waals surface area contributed by atoms with Crippen molar-refractivity contribution in [3.63, 3.8) is 0 Å². The van der Waals surface area contributed by atoms with E-state index < -0.39 is 0 Å². The van der Waals surface area contributed by atoms with Crippen LogP contribution in [0.4, 0.5) is 0 Å². The van der Waals surface area contributed by atoms with Gasteiger partial charge in [-0.3, -0.25) is 0 Å². The Morgan fingerprint density at radius 1 is 1.32 bits per heavy atom. The van der Waals surface area contributed by atoms with Crippen LogP contribution in [0.25, 0.3) is 0 Å². The first kappa shape index (κ1) is 15.1. The molecule has 0 amide bonds. The Balaban J connectivity index is 1.69. The van der Waals surface area contributed by atoms with Gasteiger partial charge in [-0.05, 0) is 76.9 Å². The lowest BCUT2D eigenvalue weighted by Crippen LogP contribution is -2.45. The van der Waals surface area contributed by atoms with Gasteiger partial charge in [0.2, 0.25) is 0 Å². The van der Waals surface area contributed by atoms with Crippen LogP contribution in [0.15, 0.2) is 12.2 Å². The average molecular weight is 264 g/mol. The van der Waals surface area contributed by atoms with E-state index in [0.29, 0.717) is 6.04 Å². The second kappa shape index (κ2) is 8.06. The second-order valence-electron chi connectivity index (χ2n) is 6.55. The molecule has 0 saturated carbocycles. The van der Waals surface area contributed by atoms with Gasteiger partial charge in [-0.1, -0.05) is 19.1 Å². The quantitative estimate of drug-likeness (QED) is 0.739. The maximum absolute atomic E-state index is 3.82. The molecular weight excluding hydrogens is 232 g/mol. The van der Waals surface area contributed by atoms with Crippen LogP contribution in [0.2, 0.25) is 0 Å². The predicted octanol–water partition coefficient (Wildman–Crippen LogP) is 3.44. The van der Waals surface area contributed by atoms with E-state index in [1.165, 1.54) is 64.7 Å². The van der Waals surface area contributed by atoms with E-state index in [1.54, 1.807) is 0 Å². The molecule has 0 spiro atoms. The maximum Gasteiger partial charge on any atom is 0.00793 e. The number of nitrogens with one attached hydrogen (secondary N) is 1. The number of rotatable bonds is 6. The molecule has 1 heterocycles. The van der Waals surface area contributed by atoms with Gasteiger partial charge in [-0.15, -0.1) is 0 Å². The summed E-state index contributed by atoms with van der Waals surface area (Å²) in [5, 5.41) is 3.82. The number of hydrogen-bond acceptors (Lipinski definition) is 2. The normalized spacial score (nSPS) is 30.4. The van der Waals surface area contributed by atoms with Crippen molar-refractivity contribution in [3.05, 3.63) is 12.2 Å². The standard InChI is InChI=1S/C17H32N2/c1-3-11-19-12-7-10-17(14-19)15(2)18-13-16-8-5-4-6-9-16/h4-5,15-18H,3,6-14H2,1-2H3. The molecule has 0 aromatic carbocycles. The van der Waals surface area contributed by atoms with Crippen LogP contribution in [-0.4, -0.2) is 37.1 Å². The fraction of sp³-hybridized carbons (Fsp3) is 0.882. The summed E-state index contributed by atoms with van der Waals surface area (Å²) >= 11 is 0. The zero-order valence-electron chi connectivity index (χ0n) is 12.9. The summed E-state index contributed by atoms with van der Waals surface area (Å²) in [4.78, 5) is 2.66. The SMILES string of the molecule is CCCN1CCCC(C(C)NCC2CC=CCC2)C1. The van der Waals surface area contributed by atoms with Gasteiger partial charge >= 0.3 is 0 Å². The predicted molar refractivity (Wildman–Crippen MR) is 83.4 cm³/mol. The Morgan fingerprint density at radius 3 is 2.95 bits per heavy atom. The monoisotopic (exact) mass is 264 g/mol. The van der Waals surface area contributed by atoms with Crippen LogP contribution in [0.5, 0.6) is 0 Å². The molecule has 2 nitrogen and oxygen atoms in total. The minimum absolute atomic E-state index is 0.686. The van der Waals surface area contributed by atoms with Gasteiger partial charge in [0.05, 0.1) is 0 Å². The third-order valence-electron chi connectivity index (χ3n) is 4.90. The van der Waals surface area contributed by atoms with Crippen molar-refractivity contribution in [2.75, 3.05) is 26.2 Å².